The highest BCUT2D eigenvalue weighted by atomic mass is 16.1. The Kier molecular flexibility index (Phi) is 3.77. The summed E-state index contributed by atoms with van der Waals surface area (Å²) in [5.74, 6) is 0.500. The second kappa shape index (κ2) is 6.30. The summed E-state index contributed by atoms with van der Waals surface area (Å²) in [5, 5.41) is 13.1. The normalized spacial score (nSPS) is 20.3. The molecule has 6 heteroatoms. The second-order valence-corrected chi connectivity index (χ2v) is 7.45. The molecule has 1 fully saturated rings. The Bertz CT molecular complexity index is 1180. The fraction of sp³-hybridized carbons (Fsp3) is 0.333. The molecule has 0 spiro atoms. The van der Waals surface area contributed by atoms with E-state index in [4.69, 9.17) is 0 Å². The van der Waals surface area contributed by atoms with Crippen molar-refractivity contribution in [1.82, 2.24) is 24.4 Å². The molecule has 4 aromatic rings. The molecule has 136 valence electrons. The zero-order valence-corrected chi connectivity index (χ0v) is 15.2. The van der Waals surface area contributed by atoms with Crippen molar-refractivity contribution in [3.63, 3.8) is 0 Å². The molecule has 0 radical (unpaired) electrons. The molecule has 6 nitrogen and oxygen atoms in total. The second-order valence-electron chi connectivity index (χ2n) is 7.45. The van der Waals surface area contributed by atoms with Gasteiger partial charge in [-0.25, -0.2) is 4.52 Å². The molecule has 1 aromatic carbocycles. The van der Waals surface area contributed by atoms with Crippen molar-refractivity contribution in [3.8, 4) is 11.1 Å². The predicted molar refractivity (Wildman–Crippen MR) is 105 cm³/mol. The fourth-order valence-electron chi connectivity index (χ4n) is 4.30. The first kappa shape index (κ1) is 16.2. The summed E-state index contributed by atoms with van der Waals surface area (Å²) in [4.78, 5) is 13.1. The van der Waals surface area contributed by atoms with Gasteiger partial charge in [-0.05, 0) is 30.4 Å². The third-order valence-electron chi connectivity index (χ3n) is 5.80. The van der Waals surface area contributed by atoms with Crippen molar-refractivity contribution in [2.75, 3.05) is 0 Å². The standard InChI is InChI=1S/C21H21N5O/c1-14-7-5-6-10-17(14)25-12-11-18-19(21(25)27)23-24-20-16(13-22-26(18)20)15-8-3-2-4-9-15/h2-4,8-9,11-14,17H,5-7,10H2,1H3/t14-,17-/m0/s1. The van der Waals surface area contributed by atoms with Crippen LogP contribution in [0.15, 0.2) is 53.6 Å². The van der Waals surface area contributed by atoms with Gasteiger partial charge in [-0.1, -0.05) is 50.1 Å². The molecule has 0 amide bonds. The first-order valence-corrected chi connectivity index (χ1v) is 9.55. The van der Waals surface area contributed by atoms with E-state index in [1.807, 2.05) is 47.2 Å². The molecule has 0 aliphatic heterocycles. The summed E-state index contributed by atoms with van der Waals surface area (Å²) >= 11 is 0. The van der Waals surface area contributed by atoms with Gasteiger partial charge in [0, 0.05) is 17.8 Å². The summed E-state index contributed by atoms with van der Waals surface area (Å²) in [6.45, 7) is 2.23. The van der Waals surface area contributed by atoms with Crippen LogP contribution in [-0.4, -0.2) is 24.4 Å². The topological polar surface area (TPSA) is 65.1 Å². The van der Waals surface area contributed by atoms with Crippen LogP contribution in [0, 0.1) is 5.92 Å². The molecule has 5 rings (SSSR count). The van der Waals surface area contributed by atoms with Crippen LogP contribution in [-0.2, 0) is 0 Å². The molecular formula is C21H21N5O. The Labute approximate surface area is 156 Å². The number of nitrogens with zero attached hydrogens (tertiary/aromatic N) is 5. The molecule has 2 atom stereocenters. The Morgan fingerprint density at radius 1 is 1.04 bits per heavy atom. The summed E-state index contributed by atoms with van der Waals surface area (Å²) in [7, 11) is 0. The quantitative estimate of drug-likeness (QED) is 0.545. The molecule has 1 aliphatic carbocycles. The maximum Gasteiger partial charge on any atom is 0.280 e. The van der Waals surface area contributed by atoms with Crippen molar-refractivity contribution in [2.45, 2.75) is 38.6 Å². The number of benzene rings is 1. The van der Waals surface area contributed by atoms with Crippen LogP contribution in [0.5, 0.6) is 0 Å². The van der Waals surface area contributed by atoms with Gasteiger partial charge < -0.3 is 4.57 Å². The minimum atomic E-state index is -0.0718. The molecule has 0 unspecified atom stereocenters. The average Bonchev–Trinajstić information content (AvgIpc) is 3.14. The maximum absolute atomic E-state index is 13.1. The lowest BCUT2D eigenvalue weighted by Gasteiger charge is -2.30. The van der Waals surface area contributed by atoms with E-state index in [-0.39, 0.29) is 11.6 Å². The zero-order chi connectivity index (χ0) is 18.4. The monoisotopic (exact) mass is 359 g/mol. The summed E-state index contributed by atoms with van der Waals surface area (Å²) < 4.78 is 3.58. The van der Waals surface area contributed by atoms with Crippen LogP contribution in [0.25, 0.3) is 27.8 Å². The first-order chi connectivity index (χ1) is 13.2. The highest BCUT2D eigenvalue weighted by molar-refractivity contribution is 5.82. The van der Waals surface area contributed by atoms with Crippen LogP contribution >= 0.6 is 0 Å². The minimum absolute atomic E-state index is 0.0718. The zero-order valence-electron chi connectivity index (χ0n) is 15.2. The smallest absolute Gasteiger partial charge is 0.280 e. The first-order valence-electron chi connectivity index (χ1n) is 9.55. The van der Waals surface area contributed by atoms with E-state index in [0.717, 1.165) is 17.5 Å². The molecule has 0 bridgehead atoms. The highest BCUT2D eigenvalue weighted by Crippen LogP contribution is 2.33. The van der Waals surface area contributed by atoms with Crippen molar-refractivity contribution in [2.24, 2.45) is 5.92 Å². The number of hydrogen-bond donors (Lipinski definition) is 0. The lowest BCUT2D eigenvalue weighted by molar-refractivity contribution is 0.253. The van der Waals surface area contributed by atoms with Crippen molar-refractivity contribution < 1.29 is 0 Å². The summed E-state index contributed by atoms with van der Waals surface area (Å²) in [5.41, 5.74) is 3.62. The van der Waals surface area contributed by atoms with Crippen molar-refractivity contribution in [3.05, 3.63) is 59.1 Å². The van der Waals surface area contributed by atoms with Gasteiger partial charge in [0.15, 0.2) is 11.2 Å². The molecule has 1 saturated carbocycles. The van der Waals surface area contributed by atoms with Gasteiger partial charge in [-0.3, -0.25) is 4.79 Å². The van der Waals surface area contributed by atoms with E-state index in [1.54, 1.807) is 10.7 Å². The molecule has 27 heavy (non-hydrogen) atoms. The van der Waals surface area contributed by atoms with E-state index < -0.39 is 0 Å². The third-order valence-corrected chi connectivity index (χ3v) is 5.80. The Hall–Kier alpha value is -3.02. The van der Waals surface area contributed by atoms with Gasteiger partial charge in [0.05, 0.1) is 6.20 Å². The van der Waals surface area contributed by atoms with Gasteiger partial charge in [0.2, 0.25) is 0 Å². The number of rotatable bonds is 2. The van der Waals surface area contributed by atoms with E-state index in [2.05, 4.69) is 22.2 Å². The van der Waals surface area contributed by atoms with Gasteiger partial charge in [-0.2, -0.15) is 5.10 Å². The Morgan fingerprint density at radius 2 is 1.85 bits per heavy atom. The van der Waals surface area contributed by atoms with Crippen molar-refractivity contribution >= 4 is 16.7 Å². The van der Waals surface area contributed by atoms with Crippen LogP contribution in [0.1, 0.15) is 38.6 Å². The summed E-state index contributed by atoms with van der Waals surface area (Å²) in [6, 6.07) is 12.2. The van der Waals surface area contributed by atoms with E-state index in [1.165, 1.54) is 19.3 Å². The summed E-state index contributed by atoms with van der Waals surface area (Å²) in [6.07, 6.45) is 8.32. The largest absolute Gasteiger partial charge is 0.310 e. The predicted octanol–water partition coefficient (Wildman–Crippen LogP) is 3.86. The minimum Gasteiger partial charge on any atom is -0.310 e. The van der Waals surface area contributed by atoms with Gasteiger partial charge in [0.25, 0.3) is 5.56 Å². The number of fused-ring (bicyclic) bond motifs is 3. The molecular weight excluding hydrogens is 338 g/mol. The fourth-order valence-corrected chi connectivity index (χ4v) is 4.30. The number of pyridine rings is 1. The molecule has 0 saturated heterocycles. The molecule has 3 aromatic heterocycles. The van der Waals surface area contributed by atoms with Crippen molar-refractivity contribution in [1.29, 1.82) is 0 Å². The third kappa shape index (κ3) is 2.55. The highest BCUT2D eigenvalue weighted by Gasteiger charge is 2.25. The Morgan fingerprint density at radius 3 is 2.67 bits per heavy atom. The van der Waals surface area contributed by atoms with Gasteiger partial charge in [-0.15, -0.1) is 10.2 Å². The maximum atomic E-state index is 13.1. The lowest BCUT2D eigenvalue weighted by atomic mass is 9.85. The van der Waals surface area contributed by atoms with Gasteiger partial charge >= 0.3 is 0 Å². The lowest BCUT2D eigenvalue weighted by Crippen LogP contribution is -2.31. The molecule has 3 heterocycles. The number of hydrogen-bond acceptors (Lipinski definition) is 4. The van der Waals surface area contributed by atoms with Crippen LogP contribution in [0.3, 0.4) is 0 Å². The van der Waals surface area contributed by atoms with E-state index in [9.17, 15) is 4.79 Å². The Balaban J connectivity index is 1.68. The van der Waals surface area contributed by atoms with Crippen LogP contribution in [0.4, 0.5) is 0 Å². The average molecular weight is 359 g/mol. The van der Waals surface area contributed by atoms with Gasteiger partial charge in [0.1, 0.15) is 5.52 Å². The SMILES string of the molecule is C[C@H]1CCCC[C@@H]1n1ccc2c(nnc3c(-c4ccccc4)cnn32)c1=O. The van der Waals surface area contributed by atoms with Crippen LogP contribution < -0.4 is 5.56 Å². The van der Waals surface area contributed by atoms with Crippen LogP contribution in [0.2, 0.25) is 0 Å². The molecule has 1 aliphatic rings. The number of aromatic nitrogens is 5. The van der Waals surface area contributed by atoms with E-state index in [0.29, 0.717) is 22.6 Å². The molecule has 0 N–H and O–H groups in total. The van der Waals surface area contributed by atoms with E-state index >= 15 is 0 Å².